The summed E-state index contributed by atoms with van der Waals surface area (Å²) >= 11 is 1.78. The van der Waals surface area contributed by atoms with Crippen LogP contribution in [0.3, 0.4) is 0 Å². The molecule has 170 valence electrons. The number of carbonyl (C=O) groups is 3. The Kier molecular flexibility index (Phi) is 8.03. The van der Waals surface area contributed by atoms with Crippen molar-refractivity contribution < 1.29 is 19.1 Å². The third-order valence-electron chi connectivity index (χ3n) is 5.03. The van der Waals surface area contributed by atoms with E-state index in [2.05, 4.69) is 46.4 Å². The van der Waals surface area contributed by atoms with E-state index in [9.17, 15) is 14.4 Å². The van der Waals surface area contributed by atoms with E-state index in [1.807, 2.05) is 26.8 Å². The van der Waals surface area contributed by atoms with Crippen LogP contribution in [0.5, 0.6) is 0 Å². The summed E-state index contributed by atoms with van der Waals surface area (Å²) in [5.41, 5.74) is 4.96. The molecule has 0 atom stereocenters. The molecule has 1 aromatic carbocycles. The summed E-state index contributed by atoms with van der Waals surface area (Å²) in [6, 6.07) is 11.2. The number of benzene rings is 1. The van der Waals surface area contributed by atoms with Crippen LogP contribution in [0.2, 0.25) is 12.1 Å². The molecule has 1 aliphatic rings. The van der Waals surface area contributed by atoms with Crippen LogP contribution in [0.15, 0.2) is 41.3 Å². The van der Waals surface area contributed by atoms with Crippen LogP contribution in [0.25, 0.3) is 17.2 Å². The van der Waals surface area contributed by atoms with Crippen LogP contribution in [0, 0.1) is 0 Å². The van der Waals surface area contributed by atoms with Crippen molar-refractivity contribution in [2.75, 3.05) is 6.61 Å². The summed E-state index contributed by atoms with van der Waals surface area (Å²) in [6.07, 6.45) is 4.34. The Balaban J connectivity index is 1.40. The highest BCUT2D eigenvalue weighted by atomic mass is 32.1. The minimum Gasteiger partial charge on any atom is -0.456 e. The Hall–Kier alpha value is -2.71. The minimum absolute atomic E-state index is 0.373. The smallest absolute Gasteiger partial charge is 0.321 e. The Morgan fingerprint density at radius 2 is 1.88 bits per heavy atom. The predicted octanol–water partition coefficient (Wildman–Crippen LogP) is 3.92. The number of esters is 1. The van der Waals surface area contributed by atoms with Gasteiger partial charge in [-0.2, -0.15) is 0 Å². The highest BCUT2D eigenvalue weighted by Crippen LogP contribution is 2.38. The molecule has 8 heteroatoms. The van der Waals surface area contributed by atoms with Crippen LogP contribution in [-0.2, 0) is 20.7 Å². The Morgan fingerprint density at radius 1 is 1.12 bits per heavy atom. The van der Waals surface area contributed by atoms with E-state index in [0.29, 0.717) is 6.04 Å². The number of imide groups is 1. The average molecular weight is 471 g/mol. The van der Waals surface area contributed by atoms with E-state index in [-0.39, 0.29) is 5.97 Å². The first-order valence-corrected chi connectivity index (χ1v) is 13.7. The lowest BCUT2D eigenvalue weighted by atomic mass is 9.93. The van der Waals surface area contributed by atoms with Gasteiger partial charge in [-0.25, -0.2) is 4.79 Å². The molecule has 0 fully saturated rings. The number of hydrogen-bond donors (Lipinski definition) is 2. The molecule has 2 aromatic rings. The number of nitrogens with one attached hydrogen (secondary N) is 2. The molecule has 3 rings (SSSR count). The molecule has 1 heterocycles. The fourth-order valence-electron chi connectivity index (χ4n) is 3.59. The standard InChI is InChI=1S/C24H30N2O4SSi/c1-24(2,3)26-23(29)25-21(27)12-30-22(28)15-32-14-16-9-10-18-19(13-31-20(18)11-16)17-7-5-4-6-8-17/h4-8,11,13H,9-10,12,14-15,32H2,1-3H3,(H2,25,26,27,29). The Bertz CT molecular complexity index is 1010. The third kappa shape index (κ3) is 7.17. The first-order chi connectivity index (χ1) is 15.2. The van der Waals surface area contributed by atoms with Gasteiger partial charge in [0, 0.05) is 26.0 Å². The molecule has 32 heavy (non-hydrogen) atoms. The first kappa shape index (κ1) is 23.9. The van der Waals surface area contributed by atoms with Crippen LogP contribution in [-0.4, -0.2) is 39.6 Å². The van der Waals surface area contributed by atoms with E-state index >= 15 is 0 Å². The number of hydrogen-bond acceptors (Lipinski definition) is 5. The number of rotatable bonds is 7. The van der Waals surface area contributed by atoms with E-state index < -0.39 is 33.6 Å². The van der Waals surface area contributed by atoms with Gasteiger partial charge in [0.1, 0.15) is 0 Å². The van der Waals surface area contributed by atoms with Crippen molar-refractivity contribution in [3.8, 4) is 11.1 Å². The lowest BCUT2D eigenvalue weighted by Crippen LogP contribution is -2.49. The number of allylic oxidation sites excluding steroid dienone is 1. The van der Waals surface area contributed by atoms with Gasteiger partial charge in [-0.1, -0.05) is 35.9 Å². The van der Waals surface area contributed by atoms with Gasteiger partial charge in [-0.05, 0) is 67.8 Å². The predicted molar refractivity (Wildman–Crippen MR) is 132 cm³/mol. The molecule has 0 spiro atoms. The molecule has 1 aromatic heterocycles. The van der Waals surface area contributed by atoms with Gasteiger partial charge < -0.3 is 10.1 Å². The first-order valence-electron chi connectivity index (χ1n) is 10.8. The maximum absolute atomic E-state index is 12.0. The zero-order valence-corrected chi connectivity index (χ0v) is 21.1. The number of ether oxygens (including phenoxy) is 1. The highest BCUT2D eigenvalue weighted by Gasteiger charge is 2.18. The van der Waals surface area contributed by atoms with Gasteiger partial charge in [0.05, 0.1) is 0 Å². The molecule has 1 aliphatic carbocycles. The molecular formula is C24H30N2O4SSi. The maximum Gasteiger partial charge on any atom is 0.321 e. The van der Waals surface area contributed by atoms with E-state index in [1.54, 1.807) is 11.3 Å². The largest absolute Gasteiger partial charge is 0.456 e. The molecule has 0 unspecified atom stereocenters. The molecule has 0 aliphatic heterocycles. The van der Waals surface area contributed by atoms with Crippen molar-refractivity contribution in [3.05, 3.63) is 51.7 Å². The van der Waals surface area contributed by atoms with Crippen molar-refractivity contribution in [1.82, 2.24) is 10.6 Å². The zero-order chi connectivity index (χ0) is 23.1. The van der Waals surface area contributed by atoms with Gasteiger partial charge in [0.2, 0.25) is 0 Å². The fourth-order valence-corrected chi connectivity index (χ4v) is 6.16. The molecule has 0 saturated heterocycles. The van der Waals surface area contributed by atoms with Crippen molar-refractivity contribution in [2.24, 2.45) is 0 Å². The summed E-state index contributed by atoms with van der Waals surface area (Å²) in [6.45, 7) is 5.00. The van der Waals surface area contributed by atoms with Crippen molar-refractivity contribution in [3.63, 3.8) is 0 Å². The maximum atomic E-state index is 12.0. The highest BCUT2D eigenvalue weighted by molar-refractivity contribution is 7.11. The van der Waals surface area contributed by atoms with E-state index in [4.69, 9.17) is 4.74 Å². The number of amides is 3. The number of carbonyl (C=O) groups excluding carboxylic acids is 3. The molecule has 0 bridgehead atoms. The second kappa shape index (κ2) is 10.7. The molecule has 2 N–H and O–H groups in total. The monoisotopic (exact) mass is 470 g/mol. The van der Waals surface area contributed by atoms with Gasteiger partial charge in [-0.3, -0.25) is 14.9 Å². The normalized spacial score (nSPS) is 13.4. The van der Waals surface area contributed by atoms with Crippen molar-refractivity contribution in [1.29, 1.82) is 0 Å². The lowest BCUT2D eigenvalue weighted by Gasteiger charge is -2.20. The second-order valence-corrected chi connectivity index (χ2v) is 11.5. The quantitative estimate of drug-likeness (QED) is 0.475. The fraction of sp³-hybridized carbons (Fsp3) is 0.375. The Morgan fingerprint density at radius 3 is 2.59 bits per heavy atom. The average Bonchev–Trinajstić information content (AvgIpc) is 3.15. The molecule has 6 nitrogen and oxygen atoms in total. The van der Waals surface area contributed by atoms with Gasteiger partial charge in [0.15, 0.2) is 6.61 Å². The molecule has 0 radical (unpaired) electrons. The SMILES string of the molecule is CC(C)(C)NC(=O)NC(=O)COC(=O)C[SiH2]CC1=Cc2scc(-c3ccccc3)c2CC1. The topological polar surface area (TPSA) is 84.5 Å². The summed E-state index contributed by atoms with van der Waals surface area (Å²) in [7, 11) is -0.664. The molecule has 0 saturated carbocycles. The van der Waals surface area contributed by atoms with Gasteiger partial charge >= 0.3 is 12.0 Å². The van der Waals surface area contributed by atoms with E-state index in [1.165, 1.54) is 27.1 Å². The number of fused-ring (bicyclic) bond motifs is 1. The summed E-state index contributed by atoms with van der Waals surface area (Å²) in [5.74, 6) is -1.00. The summed E-state index contributed by atoms with van der Waals surface area (Å²) in [4.78, 5) is 36.7. The van der Waals surface area contributed by atoms with Crippen LogP contribution in [0.4, 0.5) is 4.79 Å². The Labute approximate surface area is 195 Å². The van der Waals surface area contributed by atoms with Gasteiger partial charge in [-0.15, -0.1) is 11.3 Å². The van der Waals surface area contributed by atoms with Crippen LogP contribution in [0.1, 0.15) is 37.6 Å². The minimum atomic E-state index is -0.664. The van der Waals surface area contributed by atoms with Crippen molar-refractivity contribution >= 4 is 44.8 Å². The van der Waals surface area contributed by atoms with Gasteiger partial charge in [0.25, 0.3) is 5.91 Å². The number of thiophene rings is 1. The second-order valence-electron chi connectivity index (χ2n) is 8.93. The number of urea groups is 1. The summed E-state index contributed by atoms with van der Waals surface area (Å²) in [5, 5.41) is 7.01. The third-order valence-corrected chi connectivity index (χ3v) is 7.76. The summed E-state index contributed by atoms with van der Waals surface area (Å²) < 4.78 is 5.02. The van der Waals surface area contributed by atoms with Crippen molar-refractivity contribution in [2.45, 2.75) is 51.2 Å². The zero-order valence-electron chi connectivity index (χ0n) is 18.8. The van der Waals surface area contributed by atoms with Crippen LogP contribution >= 0.6 is 11.3 Å². The molecular weight excluding hydrogens is 440 g/mol. The van der Waals surface area contributed by atoms with Crippen LogP contribution < -0.4 is 10.6 Å². The molecule has 3 amide bonds. The lowest BCUT2D eigenvalue weighted by molar-refractivity contribution is -0.146. The van der Waals surface area contributed by atoms with E-state index in [0.717, 1.165) is 18.9 Å².